The number of halogens is 1. The molecule has 0 radical (unpaired) electrons. The first-order chi connectivity index (χ1) is 17.6. The number of nitrogens with zero attached hydrogens (tertiary/aromatic N) is 3. The lowest BCUT2D eigenvalue weighted by Gasteiger charge is -2.26. The van der Waals surface area contributed by atoms with Gasteiger partial charge in [-0.2, -0.15) is 0 Å². The molecule has 0 saturated carbocycles. The van der Waals surface area contributed by atoms with Gasteiger partial charge in [-0.05, 0) is 47.9 Å². The molecular weight excluding hydrogens is 494 g/mol. The lowest BCUT2D eigenvalue weighted by molar-refractivity contribution is 0.0303. The van der Waals surface area contributed by atoms with E-state index < -0.39 is 0 Å². The minimum Gasteiger partial charge on any atom is -0.378 e. The molecule has 1 aliphatic rings. The number of hydrogen-bond acceptors (Lipinski definition) is 5. The highest BCUT2D eigenvalue weighted by molar-refractivity contribution is 7.98. The molecule has 1 aliphatic heterocycles. The van der Waals surface area contributed by atoms with Crippen LogP contribution in [0.4, 0.5) is 0 Å². The average Bonchev–Trinajstić information content (AvgIpc) is 2.92. The van der Waals surface area contributed by atoms with Crippen molar-refractivity contribution in [2.45, 2.75) is 23.9 Å². The normalized spacial score (nSPS) is 13.8. The summed E-state index contributed by atoms with van der Waals surface area (Å²) in [6.07, 6.45) is 0.715. The molecule has 3 aromatic carbocycles. The Morgan fingerprint density at radius 2 is 1.75 bits per heavy atom. The Kier molecular flexibility index (Phi) is 7.70. The van der Waals surface area contributed by atoms with Gasteiger partial charge in [0.2, 0.25) is 0 Å². The lowest BCUT2D eigenvalue weighted by atomic mass is 10.1. The van der Waals surface area contributed by atoms with Crippen LogP contribution in [-0.2, 0) is 23.5 Å². The molecule has 4 aromatic rings. The van der Waals surface area contributed by atoms with Gasteiger partial charge in [0, 0.05) is 36.0 Å². The first kappa shape index (κ1) is 24.6. The van der Waals surface area contributed by atoms with Crippen molar-refractivity contribution in [2.24, 2.45) is 0 Å². The van der Waals surface area contributed by atoms with Crippen LogP contribution in [0.15, 0.2) is 82.7 Å². The summed E-state index contributed by atoms with van der Waals surface area (Å²) in [7, 11) is 0. The Morgan fingerprint density at radius 1 is 0.972 bits per heavy atom. The third kappa shape index (κ3) is 5.64. The molecule has 0 unspecified atom stereocenters. The van der Waals surface area contributed by atoms with Crippen LogP contribution in [0.5, 0.6) is 0 Å². The van der Waals surface area contributed by atoms with E-state index in [-0.39, 0.29) is 11.5 Å². The second-order valence-corrected chi connectivity index (χ2v) is 10.0. The van der Waals surface area contributed by atoms with Gasteiger partial charge in [0.25, 0.3) is 11.5 Å². The van der Waals surface area contributed by atoms with Gasteiger partial charge in [-0.15, -0.1) is 0 Å². The number of morpholine rings is 1. The van der Waals surface area contributed by atoms with E-state index in [1.165, 1.54) is 11.8 Å². The molecule has 0 atom stereocenters. The molecule has 36 heavy (non-hydrogen) atoms. The van der Waals surface area contributed by atoms with Gasteiger partial charge in [0.15, 0.2) is 5.16 Å². The number of benzene rings is 3. The number of fused-ring (bicyclic) bond motifs is 1. The molecule has 6 nitrogen and oxygen atoms in total. The predicted molar refractivity (Wildman–Crippen MR) is 144 cm³/mol. The Morgan fingerprint density at radius 3 is 2.53 bits per heavy atom. The van der Waals surface area contributed by atoms with Crippen molar-refractivity contribution in [3.05, 3.63) is 105 Å². The van der Waals surface area contributed by atoms with Gasteiger partial charge in [-0.1, -0.05) is 65.8 Å². The van der Waals surface area contributed by atoms with Crippen LogP contribution >= 0.6 is 23.4 Å². The summed E-state index contributed by atoms with van der Waals surface area (Å²) in [5.74, 6) is 0.555. The molecule has 2 heterocycles. The Bertz CT molecular complexity index is 1440. The summed E-state index contributed by atoms with van der Waals surface area (Å²) >= 11 is 7.66. The van der Waals surface area contributed by atoms with Gasteiger partial charge < -0.3 is 9.64 Å². The van der Waals surface area contributed by atoms with E-state index in [2.05, 4.69) is 12.1 Å². The Labute approximate surface area is 218 Å². The van der Waals surface area contributed by atoms with E-state index in [4.69, 9.17) is 21.3 Å². The van der Waals surface area contributed by atoms with Gasteiger partial charge in [-0.25, -0.2) is 4.98 Å². The highest BCUT2D eigenvalue weighted by Crippen LogP contribution is 2.25. The molecule has 1 amide bonds. The van der Waals surface area contributed by atoms with Gasteiger partial charge in [0.05, 0.1) is 24.1 Å². The summed E-state index contributed by atoms with van der Waals surface area (Å²) in [5.41, 5.74) is 3.16. The van der Waals surface area contributed by atoms with Crippen LogP contribution in [-0.4, -0.2) is 46.7 Å². The summed E-state index contributed by atoms with van der Waals surface area (Å²) in [6, 6.07) is 23.0. The maximum absolute atomic E-state index is 13.6. The molecule has 0 bridgehead atoms. The van der Waals surface area contributed by atoms with Crippen LogP contribution in [0.25, 0.3) is 10.9 Å². The molecule has 5 rings (SSSR count). The molecule has 0 aliphatic carbocycles. The standard InChI is InChI=1S/C28H26ClN3O3S/c29-23-8-4-7-21(17-23)19-36-28-30-25-18-22(26(33)31-13-15-35-16-14-31)9-10-24(25)27(34)32(28)12-11-20-5-2-1-3-6-20/h1-10,17-18H,11-16,19H2. The zero-order chi connectivity index (χ0) is 24.9. The van der Waals surface area contributed by atoms with Crippen molar-refractivity contribution in [1.29, 1.82) is 0 Å². The quantitative estimate of drug-likeness (QED) is 0.252. The highest BCUT2D eigenvalue weighted by atomic mass is 35.5. The van der Waals surface area contributed by atoms with Gasteiger partial charge in [0.1, 0.15) is 0 Å². The molecule has 0 spiro atoms. The Hall–Kier alpha value is -3.13. The third-order valence-corrected chi connectivity index (χ3v) is 7.47. The molecule has 1 aromatic heterocycles. The van der Waals surface area contributed by atoms with Crippen molar-refractivity contribution < 1.29 is 9.53 Å². The maximum Gasteiger partial charge on any atom is 0.262 e. The summed E-state index contributed by atoms with van der Waals surface area (Å²) in [4.78, 5) is 33.3. The average molecular weight is 520 g/mol. The van der Waals surface area contributed by atoms with E-state index in [1.54, 1.807) is 27.7 Å². The van der Waals surface area contributed by atoms with Crippen LogP contribution in [0.1, 0.15) is 21.5 Å². The number of aryl methyl sites for hydroxylation is 1. The zero-order valence-electron chi connectivity index (χ0n) is 19.7. The molecular formula is C28H26ClN3O3S. The first-order valence-electron chi connectivity index (χ1n) is 11.9. The summed E-state index contributed by atoms with van der Waals surface area (Å²) < 4.78 is 7.11. The molecule has 8 heteroatoms. The smallest absolute Gasteiger partial charge is 0.262 e. The SMILES string of the molecule is O=C(c1ccc2c(=O)n(CCc3ccccc3)c(SCc3cccc(Cl)c3)nc2c1)N1CCOCC1. The fraction of sp³-hybridized carbons (Fsp3) is 0.250. The first-order valence-corrected chi connectivity index (χ1v) is 13.3. The molecule has 184 valence electrons. The zero-order valence-corrected chi connectivity index (χ0v) is 21.3. The maximum atomic E-state index is 13.6. The van der Waals surface area contributed by atoms with Crippen molar-refractivity contribution in [3.63, 3.8) is 0 Å². The number of ether oxygens (including phenoxy) is 1. The summed E-state index contributed by atoms with van der Waals surface area (Å²) in [6.45, 7) is 2.71. The van der Waals surface area contributed by atoms with Crippen LogP contribution in [0.2, 0.25) is 5.02 Å². The number of carbonyl (C=O) groups is 1. The van der Waals surface area contributed by atoms with E-state index in [1.807, 2.05) is 42.5 Å². The highest BCUT2D eigenvalue weighted by Gasteiger charge is 2.20. The lowest BCUT2D eigenvalue weighted by Crippen LogP contribution is -2.40. The van der Waals surface area contributed by atoms with Crippen LogP contribution in [0.3, 0.4) is 0 Å². The number of aromatic nitrogens is 2. The van der Waals surface area contributed by atoms with Crippen molar-refractivity contribution in [1.82, 2.24) is 14.5 Å². The largest absolute Gasteiger partial charge is 0.378 e. The number of amides is 1. The number of rotatable bonds is 7. The third-order valence-electron chi connectivity index (χ3n) is 6.19. The van der Waals surface area contributed by atoms with Gasteiger partial charge in [-0.3, -0.25) is 14.2 Å². The minimum absolute atomic E-state index is 0.0663. The molecule has 1 fully saturated rings. The monoisotopic (exact) mass is 519 g/mol. The summed E-state index contributed by atoms with van der Waals surface area (Å²) in [5, 5.41) is 1.81. The van der Waals surface area contributed by atoms with E-state index in [9.17, 15) is 9.59 Å². The minimum atomic E-state index is -0.102. The van der Waals surface area contributed by atoms with Crippen LogP contribution < -0.4 is 5.56 Å². The van der Waals surface area contributed by atoms with Crippen molar-refractivity contribution >= 4 is 40.2 Å². The Balaban J connectivity index is 1.49. The molecule has 1 saturated heterocycles. The van der Waals surface area contributed by atoms with E-state index in [0.717, 1.165) is 11.1 Å². The van der Waals surface area contributed by atoms with E-state index >= 15 is 0 Å². The van der Waals surface area contributed by atoms with Crippen molar-refractivity contribution in [2.75, 3.05) is 26.3 Å². The number of thioether (sulfide) groups is 1. The fourth-order valence-corrected chi connectivity index (χ4v) is 5.43. The topological polar surface area (TPSA) is 64.4 Å². The van der Waals surface area contributed by atoms with Crippen LogP contribution in [0, 0.1) is 0 Å². The number of carbonyl (C=O) groups excluding carboxylic acids is 1. The number of hydrogen-bond donors (Lipinski definition) is 0. The van der Waals surface area contributed by atoms with Crippen molar-refractivity contribution in [3.8, 4) is 0 Å². The van der Waals surface area contributed by atoms with E-state index in [0.29, 0.717) is 71.7 Å². The second kappa shape index (κ2) is 11.3. The second-order valence-electron chi connectivity index (χ2n) is 8.64. The molecule has 0 N–H and O–H groups in total. The fourth-order valence-electron chi connectivity index (χ4n) is 4.25. The van der Waals surface area contributed by atoms with Gasteiger partial charge >= 0.3 is 0 Å². The predicted octanol–water partition coefficient (Wildman–Crippen LogP) is 5.06.